The molecule has 1 aliphatic carbocycles. The van der Waals surface area contributed by atoms with Crippen LogP contribution in [-0.4, -0.2) is 25.5 Å². The minimum absolute atomic E-state index is 0.00453. The third kappa shape index (κ3) is 4.54. The Morgan fingerprint density at radius 1 is 1.19 bits per heavy atom. The lowest BCUT2D eigenvalue weighted by molar-refractivity contribution is -0.136. The van der Waals surface area contributed by atoms with Gasteiger partial charge in [-0.1, -0.05) is 19.1 Å². The number of hydrogen-bond donors (Lipinski definition) is 2. The Bertz CT molecular complexity index is 587. The summed E-state index contributed by atoms with van der Waals surface area (Å²) in [6.07, 6.45) is 3.73. The Kier molecular flexibility index (Phi) is 5.00. The van der Waals surface area contributed by atoms with Crippen LogP contribution in [0, 0.1) is 5.92 Å². The number of aliphatic carboxylic acids is 1. The highest BCUT2D eigenvalue weighted by Gasteiger charge is 2.24. The van der Waals surface area contributed by atoms with E-state index in [-0.39, 0.29) is 17.4 Å². The molecule has 1 aromatic rings. The van der Waals surface area contributed by atoms with E-state index in [1.807, 2.05) is 0 Å². The fourth-order valence-electron chi connectivity index (χ4n) is 2.63. The number of rotatable bonds is 5. The summed E-state index contributed by atoms with van der Waals surface area (Å²) in [6.45, 7) is 2.19. The number of carboxylic acid groups (broad SMARTS) is 1. The molecular weight excluding hydrogens is 290 g/mol. The Balaban J connectivity index is 2.03. The second-order valence-electron chi connectivity index (χ2n) is 5.79. The highest BCUT2D eigenvalue weighted by Crippen LogP contribution is 2.24. The second-order valence-corrected chi connectivity index (χ2v) is 7.51. The molecule has 0 bridgehead atoms. The molecule has 0 atom stereocenters. The summed E-state index contributed by atoms with van der Waals surface area (Å²) < 4.78 is 27.3. The predicted octanol–water partition coefficient (Wildman–Crippen LogP) is 2.17. The van der Waals surface area contributed by atoms with Gasteiger partial charge in [-0.3, -0.25) is 4.79 Å². The molecule has 0 heterocycles. The van der Waals surface area contributed by atoms with Crippen LogP contribution in [0.4, 0.5) is 0 Å². The third-order valence-electron chi connectivity index (χ3n) is 3.93. The highest BCUT2D eigenvalue weighted by atomic mass is 32.2. The molecule has 21 heavy (non-hydrogen) atoms. The molecule has 0 unspecified atom stereocenters. The van der Waals surface area contributed by atoms with Crippen molar-refractivity contribution in [3.63, 3.8) is 0 Å². The van der Waals surface area contributed by atoms with E-state index in [1.165, 1.54) is 12.1 Å². The first kappa shape index (κ1) is 16.0. The quantitative estimate of drug-likeness (QED) is 0.873. The summed E-state index contributed by atoms with van der Waals surface area (Å²) in [5.74, 6) is -0.263. The summed E-state index contributed by atoms with van der Waals surface area (Å²) in [4.78, 5) is 10.8. The van der Waals surface area contributed by atoms with Gasteiger partial charge in [0.25, 0.3) is 0 Å². The van der Waals surface area contributed by atoms with Crippen LogP contribution in [-0.2, 0) is 21.2 Å². The molecule has 0 aliphatic heterocycles. The van der Waals surface area contributed by atoms with Gasteiger partial charge in [0.1, 0.15) is 0 Å². The number of carboxylic acids is 1. The van der Waals surface area contributed by atoms with Crippen LogP contribution in [0.5, 0.6) is 0 Å². The summed E-state index contributed by atoms with van der Waals surface area (Å²) in [7, 11) is -3.52. The van der Waals surface area contributed by atoms with Crippen molar-refractivity contribution in [2.75, 3.05) is 0 Å². The summed E-state index contributed by atoms with van der Waals surface area (Å²) in [5.41, 5.74) is 0.591. The summed E-state index contributed by atoms with van der Waals surface area (Å²) in [5, 5.41) is 8.70. The van der Waals surface area contributed by atoms with Crippen molar-refractivity contribution >= 4 is 16.0 Å². The number of benzene rings is 1. The molecule has 2 rings (SSSR count). The first-order valence-electron chi connectivity index (χ1n) is 7.20. The molecule has 2 N–H and O–H groups in total. The first-order valence-corrected chi connectivity index (χ1v) is 8.68. The lowest BCUT2D eigenvalue weighted by atomic mass is 9.88. The molecule has 0 aromatic heterocycles. The first-order chi connectivity index (χ1) is 9.87. The second kappa shape index (κ2) is 6.58. The van der Waals surface area contributed by atoms with E-state index in [0.29, 0.717) is 11.5 Å². The van der Waals surface area contributed by atoms with E-state index in [1.54, 1.807) is 12.1 Å². The van der Waals surface area contributed by atoms with Crippen LogP contribution in [0.15, 0.2) is 29.2 Å². The molecule has 116 valence electrons. The van der Waals surface area contributed by atoms with Crippen LogP contribution in [0.2, 0.25) is 0 Å². The largest absolute Gasteiger partial charge is 0.481 e. The minimum atomic E-state index is -3.52. The molecule has 0 radical (unpaired) electrons. The van der Waals surface area contributed by atoms with Crippen molar-refractivity contribution in [2.45, 2.75) is 50.0 Å². The van der Waals surface area contributed by atoms with E-state index >= 15 is 0 Å². The average Bonchev–Trinajstić information content (AvgIpc) is 2.41. The van der Waals surface area contributed by atoms with Crippen LogP contribution in [0.25, 0.3) is 0 Å². The summed E-state index contributed by atoms with van der Waals surface area (Å²) >= 11 is 0. The number of sulfonamides is 1. The van der Waals surface area contributed by atoms with E-state index in [2.05, 4.69) is 11.6 Å². The molecule has 1 fully saturated rings. The highest BCUT2D eigenvalue weighted by molar-refractivity contribution is 7.89. The number of carbonyl (C=O) groups is 1. The zero-order valence-corrected chi connectivity index (χ0v) is 12.9. The topological polar surface area (TPSA) is 83.5 Å². The minimum Gasteiger partial charge on any atom is -0.481 e. The van der Waals surface area contributed by atoms with Gasteiger partial charge in [0.2, 0.25) is 10.0 Å². The van der Waals surface area contributed by atoms with Crippen LogP contribution in [0.3, 0.4) is 0 Å². The van der Waals surface area contributed by atoms with Gasteiger partial charge < -0.3 is 5.11 Å². The molecule has 1 aromatic carbocycles. The third-order valence-corrected chi connectivity index (χ3v) is 5.46. The van der Waals surface area contributed by atoms with Gasteiger partial charge in [0.15, 0.2) is 0 Å². The van der Waals surface area contributed by atoms with Crippen molar-refractivity contribution < 1.29 is 18.3 Å². The normalized spacial score (nSPS) is 22.9. The molecule has 0 amide bonds. The summed E-state index contributed by atoms with van der Waals surface area (Å²) in [6, 6.07) is 6.03. The zero-order valence-electron chi connectivity index (χ0n) is 12.1. The van der Waals surface area contributed by atoms with Gasteiger partial charge in [-0.25, -0.2) is 13.1 Å². The molecule has 6 heteroatoms. The van der Waals surface area contributed by atoms with Gasteiger partial charge >= 0.3 is 5.97 Å². The van der Waals surface area contributed by atoms with E-state index in [0.717, 1.165) is 25.7 Å². The molecule has 0 saturated heterocycles. The Morgan fingerprint density at radius 2 is 1.76 bits per heavy atom. The van der Waals surface area contributed by atoms with Crippen LogP contribution < -0.4 is 4.72 Å². The Labute approximate surface area is 125 Å². The number of hydrogen-bond acceptors (Lipinski definition) is 3. The fourth-order valence-corrected chi connectivity index (χ4v) is 3.93. The van der Waals surface area contributed by atoms with Gasteiger partial charge in [0.05, 0.1) is 11.3 Å². The predicted molar refractivity (Wildman–Crippen MR) is 79.5 cm³/mol. The van der Waals surface area contributed by atoms with Crippen molar-refractivity contribution in [1.29, 1.82) is 0 Å². The van der Waals surface area contributed by atoms with Crippen LogP contribution >= 0.6 is 0 Å². The van der Waals surface area contributed by atoms with Gasteiger partial charge in [-0.2, -0.15) is 0 Å². The van der Waals surface area contributed by atoms with E-state index in [4.69, 9.17) is 5.11 Å². The molecule has 1 saturated carbocycles. The van der Waals surface area contributed by atoms with Crippen LogP contribution in [0.1, 0.15) is 38.2 Å². The smallest absolute Gasteiger partial charge is 0.307 e. The van der Waals surface area contributed by atoms with E-state index < -0.39 is 16.0 Å². The fraction of sp³-hybridized carbons (Fsp3) is 0.533. The van der Waals surface area contributed by atoms with Crippen molar-refractivity contribution in [3.05, 3.63) is 29.8 Å². The molecular formula is C15H21NO4S. The maximum atomic E-state index is 12.3. The standard InChI is InChI=1S/C15H21NO4S/c1-11-2-6-13(7-3-11)16-21(19,20)14-8-4-12(5-9-14)10-15(17)18/h4-5,8-9,11,13,16H,2-3,6-7,10H2,1H3,(H,17,18). The zero-order chi connectivity index (χ0) is 15.5. The molecule has 5 nitrogen and oxygen atoms in total. The van der Waals surface area contributed by atoms with Crippen molar-refractivity contribution in [1.82, 2.24) is 4.72 Å². The average molecular weight is 311 g/mol. The van der Waals surface area contributed by atoms with Crippen molar-refractivity contribution in [3.8, 4) is 0 Å². The molecule has 0 spiro atoms. The number of nitrogens with one attached hydrogen (secondary N) is 1. The SMILES string of the molecule is CC1CCC(NS(=O)(=O)c2ccc(CC(=O)O)cc2)CC1. The molecule has 1 aliphatic rings. The van der Waals surface area contributed by atoms with Gasteiger partial charge in [-0.15, -0.1) is 0 Å². The monoisotopic (exact) mass is 311 g/mol. The lowest BCUT2D eigenvalue weighted by Gasteiger charge is -2.26. The maximum Gasteiger partial charge on any atom is 0.307 e. The lowest BCUT2D eigenvalue weighted by Crippen LogP contribution is -2.37. The maximum absolute atomic E-state index is 12.3. The van der Waals surface area contributed by atoms with Gasteiger partial charge in [0, 0.05) is 6.04 Å². The van der Waals surface area contributed by atoms with Crippen molar-refractivity contribution in [2.24, 2.45) is 5.92 Å². The Hall–Kier alpha value is -1.40. The van der Waals surface area contributed by atoms with Gasteiger partial charge in [-0.05, 0) is 49.3 Å². The Morgan fingerprint density at radius 3 is 2.29 bits per heavy atom. The van der Waals surface area contributed by atoms with E-state index in [9.17, 15) is 13.2 Å².